The van der Waals surface area contributed by atoms with Crippen LogP contribution in [-0.2, 0) is 14.4 Å². The van der Waals surface area contributed by atoms with Crippen molar-refractivity contribution in [2.45, 2.75) is 32.7 Å². The van der Waals surface area contributed by atoms with Crippen LogP contribution < -0.4 is 16.5 Å². The number of nitrogens with one attached hydrogen (secondary N) is 2. The number of hydrogen-bond donors (Lipinski definition) is 3. The molecular weight excluding hydrogens is 284 g/mol. The van der Waals surface area contributed by atoms with Crippen LogP contribution >= 0.6 is 11.6 Å². The van der Waals surface area contributed by atoms with Crippen LogP contribution in [0, 0.1) is 5.92 Å². The molecule has 0 aromatic rings. The molecule has 0 rings (SSSR count). The van der Waals surface area contributed by atoms with E-state index in [1.54, 1.807) is 7.05 Å². The number of likely N-dealkylation sites (N-methyl/N-ethyl adjacent to an activating group) is 1. The Balaban J connectivity index is 4.64. The van der Waals surface area contributed by atoms with Gasteiger partial charge in [-0.3, -0.25) is 24.8 Å². The van der Waals surface area contributed by atoms with Crippen LogP contribution in [0.5, 0.6) is 0 Å². The van der Waals surface area contributed by atoms with Crippen LogP contribution in [-0.4, -0.2) is 48.2 Å². The van der Waals surface area contributed by atoms with Crippen LogP contribution in [0.1, 0.15) is 26.7 Å². The molecule has 1 unspecified atom stereocenters. The van der Waals surface area contributed by atoms with Crippen LogP contribution in [0.4, 0.5) is 0 Å². The van der Waals surface area contributed by atoms with Crippen molar-refractivity contribution < 1.29 is 14.4 Å². The van der Waals surface area contributed by atoms with Crippen LogP contribution in [0.15, 0.2) is 0 Å². The smallest absolute Gasteiger partial charge is 0.255 e. The second-order valence-corrected chi connectivity index (χ2v) is 5.11. The number of alkyl halides is 1. The topological polar surface area (TPSA) is 105 Å². The predicted molar refractivity (Wildman–Crippen MR) is 76.7 cm³/mol. The minimum Gasteiger partial charge on any atom is -0.370 e. The lowest BCUT2D eigenvalue weighted by molar-refractivity contribution is -0.141. The molecule has 0 aromatic heterocycles. The maximum absolute atomic E-state index is 12.1. The van der Waals surface area contributed by atoms with E-state index in [1.807, 2.05) is 13.8 Å². The Bertz CT molecular complexity index is 350. The molecule has 0 saturated carbocycles. The highest BCUT2D eigenvalue weighted by molar-refractivity contribution is 6.27. The van der Waals surface area contributed by atoms with Gasteiger partial charge >= 0.3 is 0 Å². The zero-order chi connectivity index (χ0) is 15.7. The van der Waals surface area contributed by atoms with E-state index >= 15 is 0 Å². The summed E-state index contributed by atoms with van der Waals surface area (Å²) >= 11 is 5.47. The SMILES string of the molecule is CNC(CC(C)C)C(=O)NN(CCC(N)=O)C(=O)CCl. The predicted octanol–water partition coefficient (Wildman–Crippen LogP) is -0.405. The molecular formula is C12H23ClN4O3. The second-order valence-electron chi connectivity index (χ2n) is 4.84. The minimum atomic E-state index is -0.557. The Morgan fingerprint density at radius 2 is 1.90 bits per heavy atom. The van der Waals surface area contributed by atoms with Gasteiger partial charge in [0.15, 0.2) is 0 Å². The van der Waals surface area contributed by atoms with E-state index in [2.05, 4.69) is 10.7 Å². The lowest BCUT2D eigenvalue weighted by atomic mass is 10.0. The van der Waals surface area contributed by atoms with Crippen molar-refractivity contribution in [1.29, 1.82) is 0 Å². The molecule has 8 heteroatoms. The lowest BCUT2D eigenvalue weighted by Gasteiger charge is -2.25. The number of primary amides is 1. The third kappa shape index (κ3) is 7.30. The van der Waals surface area contributed by atoms with Gasteiger partial charge in [0, 0.05) is 6.42 Å². The fourth-order valence-corrected chi connectivity index (χ4v) is 1.72. The van der Waals surface area contributed by atoms with E-state index in [1.165, 1.54) is 0 Å². The summed E-state index contributed by atoms with van der Waals surface area (Å²) in [5.74, 6) is -1.35. The van der Waals surface area contributed by atoms with E-state index in [0.717, 1.165) is 5.01 Å². The van der Waals surface area contributed by atoms with Gasteiger partial charge in [-0.15, -0.1) is 11.6 Å². The van der Waals surface area contributed by atoms with E-state index in [-0.39, 0.29) is 24.8 Å². The van der Waals surface area contributed by atoms with Gasteiger partial charge in [0.2, 0.25) is 5.91 Å². The highest BCUT2D eigenvalue weighted by atomic mass is 35.5. The van der Waals surface area contributed by atoms with Crippen LogP contribution in [0.25, 0.3) is 0 Å². The zero-order valence-electron chi connectivity index (χ0n) is 12.1. The van der Waals surface area contributed by atoms with Crippen LogP contribution in [0.3, 0.4) is 0 Å². The van der Waals surface area contributed by atoms with Gasteiger partial charge in [-0.2, -0.15) is 0 Å². The second kappa shape index (κ2) is 9.55. The maximum atomic E-state index is 12.1. The minimum absolute atomic E-state index is 0.00470. The number of nitrogens with two attached hydrogens (primary N) is 1. The van der Waals surface area contributed by atoms with Crippen molar-refractivity contribution in [2.24, 2.45) is 11.7 Å². The molecule has 4 N–H and O–H groups in total. The number of carbonyl (C=O) groups excluding carboxylic acids is 3. The molecule has 1 atom stereocenters. The van der Waals surface area contributed by atoms with Gasteiger partial charge in [0.05, 0.1) is 12.6 Å². The summed E-state index contributed by atoms with van der Waals surface area (Å²) in [5, 5.41) is 3.92. The molecule has 0 radical (unpaired) electrons. The Labute approximate surface area is 124 Å². The van der Waals surface area contributed by atoms with Crippen molar-refractivity contribution in [1.82, 2.24) is 15.8 Å². The molecule has 3 amide bonds. The number of hydrogen-bond acceptors (Lipinski definition) is 4. The van der Waals surface area contributed by atoms with Crippen molar-refractivity contribution in [3.05, 3.63) is 0 Å². The summed E-state index contributed by atoms with van der Waals surface area (Å²) in [6.07, 6.45) is 0.582. The molecule has 0 fully saturated rings. The molecule has 0 saturated heterocycles. The maximum Gasteiger partial charge on any atom is 0.255 e. The molecule has 0 spiro atoms. The molecule has 0 bridgehead atoms. The molecule has 7 nitrogen and oxygen atoms in total. The molecule has 0 aliphatic carbocycles. The van der Waals surface area contributed by atoms with Crippen LogP contribution in [0.2, 0.25) is 0 Å². The summed E-state index contributed by atoms with van der Waals surface area (Å²) in [5.41, 5.74) is 7.50. The average Bonchev–Trinajstić information content (AvgIpc) is 2.38. The van der Waals surface area contributed by atoms with Crippen molar-refractivity contribution in [3.8, 4) is 0 Å². The van der Waals surface area contributed by atoms with E-state index in [9.17, 15) is 14.4 Å². The fourth-order valence-electron chi connectivity index (χ4n) is 1.58. The fraction of sp³-hybridized carbons (Fsp3) is 0.750. The molecule has 0 aliphatic rings. The monoisotopic (exact) mass is 306 g/mol. The third-order valence-corrected chi connectivity index (χ3v) is 2.84. The molecule has 116 valence electrons. The summed E-state index contributed by atoms with van der Waals surface area (Å²) in [4.78, 5) is 34.4. The highest BCUT2D eigenvalue weighted by Crippen LogP contribution is 2.05. The first kappa shape index (κ1) is 18.7. The summed E-state index contributed by atoms with van der Waals surface area (Å²) in [7, 11) is 1.67. The molecule has 0 aliphatic heterocycles. The normalized spacial score (nSPS) is 12.1. The average molecular weight is 307 g/mol. The van der Waals surface area contributed by atoms with E-state index in [4.69, 9.17) is 17.3 Å². The Morgan fingerprint density at radius 3 is 2.30 bits per heavy atom. The number of amides is 3. The molecule has 0 aromatic carbocycles. The quantitative estimate of drug-likeness (QED) is 0.419. The van der Waals surface area contributed by atoms with Crippen molar-refractivity contribution in [3.63, 3.8) is 0 Å². The third-order valence-electron chi connectivity index (χ3n) is 2.61. The van der Waals surface area contributed by atoms with E-state index < -0.39 is 17.9 Å². The van der Waals surface area contributed by atoms with Gasteiger partial charge in [0.25, 0.3) is 11.8 Å². The standard InChI is InChI=1S/C12H23ClN4O3/c1-8(2)6-9(15-3)12(20)16-17(11(19)7-13)5-4-10(14)18/h8-9,15H,4-7H2,1-3H3,(H2,14,18)(H,16,20). The summed E-state index contributed by atoms with van der Waals surface area (Å²) < 4.78 is 0. The van der Waals surface area contributed by atoms with Gasteiger partial charge in [-0.1, -0.05) is 13.8 Å². The van der Waals surface area contributed by atoms with Gasteiger partial charge in [-0.25, -0.2) is 0 Å². The van der Waals surface area contributed by atoms with Crippen molar-refractivity contribution in [2.75, 3.05) is 19.5 Å². The summed E-state index contributed by atoms with van der Waals surface area (Å²) in [6, 6.07) is -0.422. The number of nitrogens with zero attached hydrogens (tertiary/aromatic N) is 1. The van der Waals surface area contributed by atoms with Gasteiger partial charge < -0.3 is 11.1 Å². The summed E-state index contributed by atoms with van der Waals surface area (Å²) in [6.45, 7) is 3.99. The number of hydrazine groups is 1. The highest BCUT2D eigenvalue weighted by Gasteiger charge is 2.22. The van der Waals surface area contributed by atoms with Crippen molar-refractivity contribution >= 4 is 29.3 Å². The number of carbonyl (C=O) groups is 3. The van der Waals surface area contributed by atoms with Gasteiger partial charge in [-0.05, 0) is 19.4 Å². The first-order valence-electron chi connectivity index (χ1n) is 6.44. The lowest BCUT2D eigenvalue weighted by Crippen LogP contribution is -2.54. The largest absolute Gasteiger partial charge is 0.370 e. The van der Waals surface area contributed by atoms with E-state index in [0.29, 0.717) is 12.3 Å². The first-order valence-corrected chi connectivity index (χ1v) is 6.97. The molecule has 20 heavy (non-hydrogen) atoms. The number of rotatable bonds is 8. The Kier molecular flexibility index (Phi) is 8.91. The first-order chi connectivity index (χ1) is 9.31. The number of halogens is 1. The Morgan fingerprint density at radius 1 is 1.30 bits per heavy atom. The molecule has 0 heterocycles. The Hall–Kier alpha value is -1.34. The zero-order valence-corrected chi connectivity index (χ0v) is 12.9. The van der Waals surface area contributed by atoms with Gasteiger partial charge in [0.1, 0.15) is 5.88 Å².